The van der Waals surface area contributed by atoms with Crippen LogP contribution < -0.4 is 10.1 Å². The third-order valence-electron chi connectivity index (χ3n) is 7.80. The van der Waals surface area contributed by atoms with Gasteiger partial charge in [-0.2, -0.15) is 5.26 Å². The first kappa shape index (κ1) is 27.6. The highest BCUT2D eigenvalue weighted by Crippen LogP contribution is 2.25. The zero-order valence-electron chi connectivity index (χ0n) is 23.0. The number of anilines is 1. The second kappa shape index (κ2) is 12.1. The minimum Gasteiger partial charge on any atom is -0.484 e. The van der Waals surface area contributed by atoms with Crippen molar-refractivity contribution in [2.45, 2.75) is 51.1 Å². The Labute approximate surface area is 242 Å². The number of aromatic nitrogens is 3. The summed E-state index contributed by atoms with van der Waals surface area (Å²) in [6.07, 6.45) is 2.96. The maximum absolute atomic E-state index is 14.1. The molecule has 0 bridgehead atoms. The number of carboxylic acid groups (broad SMARTS) is 1. The molecular weight excluding hydrogens is 539 g/mol. The highest BCUT2D eigenvalue weighted by molar-refractivity contribution is 5.92. The van der Waals surface area contributed by atoms with Crippen LogP contribution in [0.2, 0.25) is 0 Å². The summed E-state index contributed by atoms with van der Waals surface area (Å²) < 4.78 is 27.5. The van der Waals surface area contributed by atoms with Gasteiger partial charge in [-0.15, -0.1) is 0 Å². The van der Waals surface area contributed by atoms with E-state index in [9.17, 15) is 14.3 Å². The average Bonchev–Trinajstić information content (AvgIpc) is 3.31. The van der Waals surface area contributed by atoms with Crippen LogP contribution in [0, 0.1) is 17.1 Å². The van der Waals surface area contributed by atoms with Gasteiger partial charge in [-0.1, -0.05) is 6.07 Å². The van der Waals surface area contributed by atoms with Gasteiger partial charge < -0.3 is 24.5 Å². The monoisotopic (exact) mass is 570 g/mol. The molecule has 2 aliphatic heterocycles. The minimum atomic E-state index is -0.951. The van der Waals surface area contributed by atoms with Crippen molar-refractivity contribution in [2.75, 3.05) is 25.0 Å². The molecule has 2 aliphatic rings. The molecule has 4 heterocycles. The molecule has 11 heteroatoms. The Morgan fingerprint density at radius 2 is 1.98 bits per heavy atom. The summed E-state index contributed by atoms with van der Waals surface area (Å²) in [5.41, 5.74) is 2.78. The van der Waals surface area contributed by atoms with Crippen molar-refractivity contribution in [1.82, 2.24) is 19.4 Å². The summed E-state index contributed by atoms with van der Waals surface area (Å²) in [5.74, 6) is 0.215. The van der Waals surface area contributed by atoms with Crippen LogP contribution in [-0.2, 0) is 24.4 Å². The number of carboxylic acids is 1. The molecule has 2 aromatic carbocycles. The Balaban J connectivity index is 1.06. The van der Waals surface area contributed by atoms with Crippen molar-refractivity contribution in [1.29, 1.82) is 5.26 Å². The Morgan fingerprint density at radius 1 is 1.14 bits per heavy atom. The molecule has 2 saturated heterocycles. The number of benzene rings is 2. The van der Waals surface area contributed by atoms with E-state index in [0.29, 0.717) is 18.8 Å². The topological polar surface area (TPSA) is 126 Å². The number of piperidine rings is 1. The van der Waals surface area contributed by atoms with Gasteiger partial charge in [0, 0.05) is 25.7 Å². The number of halogens is 1. The first-order chi connectivity index (χ1) is 20.4. The van der Waals surface area contributed by atoms with Crippen LogP contribution in [0.4, 0.5) is 10.2 Å². The molecule has 0 aliphatic carbocycles. The van der Waals surface area contributed by atoms with Crippen molar-refractivity contribution >= 4 is 22.8 Å². The third-order valence-corrected chi connectivity index (χ3v) is 7.80. The molecule has 6 rings (SSSR count). The number of rotatable bonds is 10. The summed E-state index contributed by atoms with van der Waals surface area (Å²) in [5, 5.41) is 21.9. The molecule has 0 unspecified atom stereocenters. The molecule has 216 valence electrons. The highest BCUT2D eigenvalue weighted by atomic mass is 19.1. The Bertz CT molecular complexity index is 1640. The number of hydrogen-bond acceptors (Lipinski definition) is 8. The van der Waals surface area contributed by atoms with Gasteiger partial charge in [-0.3, -0.25) is 4.90 Å². The SMILES string of the molecule is N#Cc1ccc(OCc2cccc(NC3CCN(Cc4nc5ccc(C(=O)O)cc5n4C[C@@H]4CCO4)CC3)n2)c(F)c1. The zero-order chi connectivity index (χ0) is 29.1. The first-order valence-corrected chi connectivity index (χ1v) is 14.1. The Hall–Kier alpha value is -4.53. The number of nitriles is 1. The average molecular weight is 571 g/mol. The molecule has 10 nitrogen and oxygen atoms in total. The van der Waals surface area contributed by atoms with Gasteiger partial charge in [0.15, 0.2) is 11.6 Å². The standard InChI is InChI=1S/C31H31FN6O4/c32-25-14-20(16-33)4-7-28(25)42-19-23-2-1-3-29(35-23)34-22-8-11-37(12-9-22)18-30-36-26-6-5-21(31(39)40)15-27(26)38(30)17-24-10-13-41-24/h1-7,14-15,22,24H,8-13,17-19H2,(H,34,35)(H,39,40)/t24-/m0/s1. The number of imidazole rings is 1. The maximum Gasteiger partial charge on any atom is 0.335 e. The lowest BCUT2D eigenvalue weighted by atomic mass is 10.0. The third kappa shape index (κ3) is 6.20. The quantitative estimate of drug-likeness (QED) is 0.282. The zero-order valence-corrected chi connectivity index (χ0v) is 23.0. The van der Waals surface area contributed by atoms with E-state index < -0.39 is 11.8 Å². The summed E-state index contributed by atoms with van der Waals surface area (Å²) in [6.45, 7) is 3.96. The van der Waals surface area contributed by atoms with E-state index in [0.717, 1.165) is 67.7 Å². The summed E-state index contributed by atoms with van der Waals surface area (Å²) >= 11 is 0. The van der Waals surface area contributed by atoms with Crippen LogP contribution in [0.1, 0.15) is 46.7 Å². The lowest BCUT2D eigenvalue weighted by Crippen LogP contribution is -2.39. The Morgan fingerprint density at radius 3 is 2.69 bits per heavy atom. The maximum atomic E-state index is 14.1. The van der Waals surface area contributed by atoms with Crippen molar-refractivity contribution in [3.8, 4) is 11.8 Å². The van der Waals surface area contributed by atoms with Gasteiger partial charge in [-0.05, 0) is 67.8 Å². The number of likely N-dealkylation sites (tertiary alicyclic amines) is 1. The normalized spacial score (nSPS) is 17.5. The number of hydrogen-bond donors (Lipinski definition) is 2. The molecule has 0 spiro atoms. The first-order valence-electron chi connectivity index (χ1n) is 14.1. The molecule has 2 N–H and O–H groups in total. The van der Waals surface area contributed by atoms with Gasteiger partial charge in [0.2, 0.25) is 0 Å². The number of nitrogens with zero attached hydrogens (tertiary/aromatic N) is 5. The van der Waals surface area contributed by atoms with Gasteiger partial charge in [0.05, 0.1) is 53.1 Å². The molecule has 2 fully saturated rings. The molecule has 1 atom stereocenters. The van der Waals surface area contributed by atoms with E-state index in [1.54, 1.807) is 18.2 Å². The van der Waals surface area contributed by atoms with Crippen molar-refractivity contribution in [2.24, 2.45) is 0 Å². The van der Waals surface area contributed by atoms with Crippen molar-refractivity contribution in [3.05, 3.63) is 83.1 Å². The summed E-state index contributed by atoms with van der Waals surface area (Å²) in [7, 11) is 0. The highest BCUT2D eigenvalue weighted by Gasteiger charge is 2.25. The molecule has 4 aromatic rings. The smallest absolute Gasteiger partial charge is 0.335 e. The second-order valence-corrected chi connectivity index (χ2v) is 10.7. The number of aromatic carboxylic acids is 1. The van der Waals surface area contributed by atoms with Crippen LogP contribution in [0.5, 0.6) is 5.75 Å². The van der Waals surface area contributed by atoms with Gasteiger partial charge in [-0.25, -0.2) is 19.2 Å². The molecule has 0 saturated carbocycles. The van der Waals surface area contributed by atoms with E-state index in [-0.39, 0.29) is 35.6 Å². The fourth-order valence-electron chi connectivity index (χ4n) is 5.39. The molecule has 42 heavy (non-hydrogen) atoms. The number of ether oxygens (including phenoxy) is 2. The predicted octanol–water partition coefficient (Wildman–Crippen LogP) is 4.58. The molecular formula is C31H31FN6O4. The van der Waals surface area contributed by atoms with E-state index in [1.165, 1.54) is 12.1 Å². The minimum absolute atomic E-state index is 0.0811. The second-order valence-electron chi connectivity index (χ2n) is 10.7. The van der Waals surface area contributed by atoms with Crippen LogP contribution in [0.15, 0.2) is 54.6 Å². The van der Waals surface area contributed by atoms with Crippen LogP contribution >= 0.6 is 0 Å². The molecule has 2 aromatic heterocycles. The number of nitrogens with one attached hydrogen (secondary N) is 1. The Kier molecular flexibility index (Phi) is 7.99. The summed E-state index contributed by atoms with van der Waals surface area (Å²) in [4.78, 5) is 23.4. The lowest BCUT2D eigenvalue weighted by Gasteiger charge is -2.33. The molecule has 0 radical (unpaired) electrons. The lowest BCUT2D eigenvalue weighted by molar-refractivity contribution is -0.0592. The van der Waals surface area contributed by atoms with Gasteiger partial charge in [0.1, 0.15) is 18.2 Å². The predicted molar refractivity (Wildman–Crippen MR) is 153 cm³/mol. The van der Waals surface area contributed by atoms with Crippen LogP contribution in [0.25, 0.3) is 11.0 Å². The number of pyridine rings is 1. The largest absolute Gasteiger partial charge is 0.484 e. The van der Waals surface area contributed by atoms with E-state index in [1.807, 2.05) is 24.3 Å². The van der Waals surface area contributed by atoms with Crippen molar-refractivity contribution in [3.63, 3.8) is 0 Å². The van der Waals surface area contributed by atoms with Crippen LogP contribution in [0.3, 0.4) is 0 Å². The number of carbonyl (C=O) groups is 1. The summed E-state index contributed by atoms with van der Waals surface area (Å²) in [6, 6.07) is 17.0. The van der Waals surface area contributed by atoms with E-state index in [4.69, 9.17) is 19.7 Å². The van der Waals surface area contributed by atoms with Gasteiger partial charge >= 0.3 is 5.97 Å². The van der Waals surface area contributed by atoms with Crippen molar-refractivity contribution < 1.29 is 23.8 Å². The fraction of sp³-hybridized carbons (Fsp3) is 0.355. The fourth-order valence-corrected chi connectivity index (χ4v) is 5.39. The van der Waals surface area contributed by atoms with Crippen LogP contribution in [-0.4, -0.2) is 62.4 Å². The molecule has 0 amide bonds. The van der Waals surface area contributed by atoms with E-state index >= 15 is 0 Å². The van der Waals surface area contributed by atoms with Gasteiger partial charge in [0.25, 0.3) is 0 Å². The van der Waals surface area contributed by atoms with E-state index in [2.05, 4.69) is 19.8 Å². The number of fused-ring (bicyclic) bond motifs is 1.